The normalized spacial score (nSPS) is 15.2. The lowest BCUT2D eigenvalue weighted by Gasteiger charge is -2.35. The van der Waals surface area contributed by atoms with E-state index in [0.717, 1.165) is 56.3 Å². The molecule has 0 unspecified atom stereocenters. The third-order valence-corrected chi connectivity index (χ3v) is 6.09. The van der Waals surface area contributed by atoms with Crippen LogP contribution in [0.4, 0.5) is 5.82 Å². The summed E-state index contributed by atoms with van der Waals surface area (Å²) >= 11 is 0. The van der Waals surface area contributed by atoms with Gasteiger partial charge in [-0.05, 0) is 38.4 Å². The molecule has 0 saturated carbocycles. The third kappa shape index (κ3) is 5.67. The van der Waals surface area contributed by atoms with Crippen LogP contribution >= 0.6 is 0 Å². The van der Waals surface area contributed by atoms with Crippen molar-refractivity contribution in [3.8, 4) is 5.69 Å². The first-order valence-electron chi connectivity index (χ1n) is 11.6. The van der Waals surface area contributed by atoms with Gasteiger partial charge in [0.05, 0.1) is 17.9 Å². The van der Waals surface area contributed by atoms with Crippen LogP contribution < -0.4 is 4.90 Å². The number of anilines is 1. The first-order chi connectivity index (χ1) is 14.8. The fourth-order valence-corrected chi connectivity index (χ4v) is 4.06. The molecule has 1 amide bonds. The lowest BCUT2D eigenvalue weighted by molar-refractivity contribution is -0.135. The number of aromatic nitrogens is 2. The van der Waals surface area contributed by atoms with Crippen LogP contribution in [0.25, 0.3) is 5.69 Å². The van der Waals surface area contributed by atoms with Gasteiger partial charge < -0.3 is 14.7 Å². The van der Waals surface area contributed by atoms with Crippen LogP contribution in [0.3, 0.4) is 0 Å². The summed E-state index contributed by atoms with van der Waals surface area (Å²) in [5, 5.41) is 4.95. The highest BCUT2D eigenvalue weighted by molar-refractivity contribution is 5.78. The highest BCUT2D eigenvalue weighted by Gasteiger charge is 2.27. The van der Waals surface area contributed by atoms with Gasteiger partial charge in [0.2, 0.25) is 5.91 Å². The number of hydrogen-bond donors (Lipinski definition) is 0. The Labute approximate surface area is 187 Å². The van der Waals surface area contributed by atoms with Crippen molar-refractivity contribution in [1.82, 2.24) is 19.6 Å². The molecule has 3 rings (SSSR count). The number of carbonyl (C=O) groups is 1. The largest absolute Gasteiger partial charge is 0.354 e. The van der Waals surface area contributed by atoms with Crippen molar-refractivity contribution >= 4 is 11.7 Å². The Morgan fingerprint density at radius 3 is 2.29 bits per heavy atom. The molecule has 0 spiro atoms. The molecule has 2 heterocycles. The van der Waals surface area contributed by atoms with E-state index in [4.69, 9.17) is 5.10 Å². The quantitative estimate of drug-likeness (QED) is 0.642. The van der Waals surface area contributed by atoms with Gasteiger partial charge in [-0.3, -0.25) is 4.79 Å². The topological polar surface area (TPSA) is 44.6 Å². The molecule has 0 radical (unpaired) electrons. The fraction of sp³-hybridized carbons (Fsp3) is 0.600. The maximum absolute atomic E-state index is 13.1. The molecule has 0 aliphatic carbocycles. The molecule has 6 heteroatoms. The number of para-hydroxylation sites is 1. The van der Waals surface area contributed by atoms with Crippen molar-refractivity contribution in [3.05, 3.63) is 41.6 Å². The van der Waals surface area contributed by atoms with Gasteiger partial charge in [-0.15, -0.1) is 0 Å². The van der Waals surface area contributed by atoms with Crippen LogP contribution in [0, 0.1) is 18.8 Å². The average molecular weight is 426 g/mol. The molecule has 1 aromatic carbocycles. The zero-order chi connectivity index (χ0) is 22.5. The van der Waals surface area contributed by atoms with Crippen molar-refractivity contribution in [1.29, 1.82) is 0 Å². The number of amides is 1. The SMILES string of the molecule is Cc1nn(-c2ccccc2)c(N2CCN(C)CC2)c1CN(CCC(C)C)C(=O)C(C)C. The van der Waals surface area contributed by atoms with E-state index >= 15 is 0 Å². The van der Waals surface area contributed by atoms with Gasteiger partial charge in [-0.1, -0.05) is 45.9 Å². The molecule has 1 aliphatic heterocycles. The molecular formula is C25H39N5O. The first-order valence-corrected chi connectivity index (χ1v) is 11.6. The van der Waals surface area contributed by atoms with Crippen molar-refractivity contribution in [2.75, 3.05) is 44.7 Å². The number of likely N-dealkylation sites (N-methyl/N-ethyl adjacent to an activating group) is 1. The summed E-state index contributed by atoms with van der Waals surface area (Å²) in [6.45, 7) is 15.9. The van der Waals surface area contributed by atoms with Crippen molar-refractivity contribution in [2.24, 2.45) is 11.8 Å². The number of nitrogens with zero attached hydrogens (tertiary/aromatic N) is 5. The van der Waals surface area contributed by atoms with Crippen LogP contribution in [-0.2, 0) is 11.3 Å². The Kier molecular flexibility index (Phi) is 7.76. The standard InChI is InChI=1S/C25H39N5O/c1-19(2)12-13-29(25(31)20(3)4)18-23-21(5)26-30(22-10-8-7-9-11-22)24(23)28-16-14-27(6)15-17-28/h7-11,19-20H,12-18H2,1-6H3. The van der Waals surface area contributed by atoms with Gasteiger partial charge in [-0.2, -0.15) is 5.10 Å². The fourth-order valence-electron chi connectivity index (χ4n) is 4.06. The highest BCUT2D eigenvalue weighted by Crippen LogP contribution is 2.30. The number of hydrogen-bond acceptors (Lipinski definition) is 4. The smallest absolute Gasteiger partial charge is 0.225 e. The lowest BCUT2D eigenvalue weighted by atomic mass is 10.1. The Morgan fingerprint density at radius 1 is 1.06 bits per heavy atom. The van der Waals surface area contributed by atoms with Gasteiger partial charge in [0.15, 0.2) is 0 Å². The number of carbonyl (C=O) groups excluding carboxylic acids is 1. The minimum atomic E-state index is -0.0104. The van der Waals surface area contributed by atoms with E-state index in [2.05, 4.69) is 66.6 Å². The van der Waals surface area contributed by atoms with Gasteiger partial charge in [0.1, 0.15) is 5.82 Å². The summed E-state index contributed by atoms with van der Waals surface area (Å²) in [6.07, 6.45) is 1.01. The predicted octanol–water partition coefficient (Wildman–Crippen LogP) is 3.96. The molecule has 0 atom stereocenters. The van der Waals surface area contributed by atoms with E-state index in [-0.39, 0.29) is 11.8 Å². The first kappa shape index (κ1) is 23.3. The van der Waals surface area contributed by atoms with Crippen LogP contribution in [0.2, 0.25) is 0 Å². The molecule has 1 aliphatic rings. The maximum atomic E-state index is 13.1. The van der Waals surface area contributed by atoms with Gasteiger partial charge in [-0.25, -0.2) is 4.68 Å². The van der Waals surface area contributed by atoms with Crippen molar-refractivity contribution in [3.63, 3.8) is 0 Å². The summed E-state index contributed by atoms with van der Waals surface area (Å²) < 4.78 is 2.08. The van der Waals surface area contributed by atoms with Crippen LogP contribution in [0.15, 0.2) is 30.3 Å². The van der Waals surface area contributed by atoms with Crippen LogP contribution in [0.5, 0.6) is 0 Å². The van der Waals surface area contributed by atoms with Gasteiger partial charge in [0.25, 0.3) is 0 Å². The molecule has 1 aromatic heterocycles. The maximum Gasteiger partial charge on any atom is 0.225 e. The molecule has 6 nitrogen and oxygen atoms in total. The van der Waals surface area contributed by atoms with E-state index in [1.165, 1.54) is 5.56 Å². The molecule has 0 bridgehead atoms. The second kappa shape index (κ2) is 10.3. The second-order valence-electron chi connectivity index (χ2n) is 9.52. The van der Waals surface area contributed by atoms with E-state index < -0.39 is 0 Å². The molecule has 1 fully saturated rings. The number of rotatable bonds is 8. The summed E-state index contributed by atoms with van der Waals surface area (Å²) in [5.74, 6) is 1.91. The van der Waals surface area contributed by atoms with Gasteiger partial charge in [0, 0.05) is 44.2 Å². The van der Waals surface area contributed by atoms with Crippen molar-refractivity contribution < 1.29 is 4.79 Å². The monoisotopic (exact) mass is 425 g/mol. The summed E-state index contributed by atoms with van der Waals surface area (Å²) in [5.41, 5.74) is 3.24. The molecule has 31 heavy (non-hydrogen) atoms. The van der Waals surface area contributed by atoms with Gasteiger partial charge >= 0.3 is 0 Å². The molecule has 0 N–H and O–H groups in total. The highest BCUT2D eigenvalue weighted by atomic mass is 16.2. The number of piperazine rings is 1. The number of benzene rings is 1. The minimum absolute atomic E-state index is 0.0104. The van der Waals surface area contributed by atoms with Crippen LogP contribution in [-0.4, -0.2) is 65.3 Å². The minimum Gasteiger partial charge on any atom is -0.354 e. The zero-order valence-electron chi connectivity index (χ0n) is 20.1. The zero-order valence-corrected chi connectivity index (χ0v) is 20.1. The molecule has 1 saturated heterocycles. The Hall–Kier alpha value is -2.34. The second-order valence-corrected chi connectivity index (χ2v) is 9.52. The number of aryl methyl sites for hydroxylation is 1. The predicted molar refractivity (Wildman–Crippen MR) is 128 cm³/mol. The lowest BCUT2D eigenvalue weighted by Crippen LogP contribution is -2.45. The summed E-state index contributed by atoms with van der Waals surface area (Å²) in [7, 11) is 2.17. The van der Waals surface area contributed by atoms with Crippen molar-refractivity contribution in [2.45, 2.75) is 47.6 Å². The van der Waals surface area contributed by atoms with E-state index in [1.807, 2.05) is 24.8 Å². The third-order valence-electron chi connectivity index (χ3n) is 6.09. The summed E-state index contributed by atoms with van der Waals surface area (Å²) in [6, 6.07) is 10.3. The average Bonchev–Trinajstić information content (AvgIpc) is 3.07. The molecular weight excluding hydrogens is 386 g/mol. The van der Waals surface area contributed by atoms with E-state index in [0.29, 0.717) is 12.5 Å². The summed E-state index contributed by atoms with van der Waals surface area (Å²) in [4.78, 5) is 19.9. The van der Waals surface area contributed by atoms with Crippen LogP contribution in [0.1, 0.15) is 45.4 Å². The Morgan fingerprint density at radius 2 is 1.71 bits per heavy atom. The van der Waals surface area contributed by atoms with E-state index in [1.54, 1.807) is 0 Å². The molecule has 2 aromatic rings. The van der Waals surface area contributed by atoms with E-state index in [9.17, 15) is 4.79 Å². The Balaban J connectivity index is 2.01. The Bertz CT molecular complexity index is 850. The molecule has 170 valence electrons.